The first-order valence-corrected chi connectivity index (χ1v) is 7.40. The molecular weight excluding hydrogens is 278 g/mol. The Balaban J connectivity index is 1.85. The number of methoxy groups -OCH3 is 1. The van der Waals surface area contributed by atoms with Gasteiger partial charge in [0, 0.05) is 18.5 Å². The molecular formula is C17H21N3O2. The summed E-state index contributed by atoms with van der Waals surface area (Å²) in [6.07, 6.45) is 1.82. The van der Waals surface area contributed by atoms with E-state index in [1.165, 1.54) is 12.5 Å². The summed E-state index contributed by atoms with van der Waals surface area (Å²) in [7, 11) is 1.68. The van der Waals surface area contributed by atoms with Crippen LogP contribution in [0.1, 0.15) is 43.9 Å². The number of aromatic amines is 1. The number of aromatic nitrogens is 2. The van der Waals surface area contributed by atoms with Crippen LogP contribution in [0.25, 0.3) is 0 Å². The summed E-state index contributed by atoms with van der Waals surface area (Å²) in [5.41, 5.74) is 2.47. The van der Waals surface area contributed by atoms with E-state index >= 15 is 0 Å². The van der Waals surface area contributed by atoms with E-state index in [4.69, 9.17) is 4.74 Å². The normalized spacial score (nSPS) is 22.2. The molecule has 0 bridgehead atoms. The van der Waals surface area contributed by atoms with Gasteiger partial charge in [-0.05, 0) is 29.0 Å². The van der Waals surface area contributed by atoms with Crippen molar-refractivity contribution in [1.29, 1.82) is 0 Å². The van der Waals surface area contributed by atoms with Crippen LogP contribution >= 0.6 is 0 Å². The number of carbonyl (C=O) groups is 1. The first kappa shape index (κ1) is 14.6. The van der Waals surface area contributed by atoms with E-state index in [1.54, 1.807) is 7.11 Å². The van der Waals surface area contributed by atoms with Gasteiger partial charge < -0.3 is 9.72 Å². The Morgan fingerprint density at radius 2 is 2.14 bits per heavy atom. The third kappa shape index (κ3) is 2.47. The number of nitrogens with zero attached hydrogens (tertiary/aromatic N) is 1. The fraction of sp³-hybridized carbons (Fsp3) is 0.412. The van der Waals surface area contributed by atoms with Gasteiger partial charge in [0.05, 0.1) is 13.3 Å². The topological polar surface area (TPSA) is 67.0 Å². The molecule has 3 rings (SSSR count). The Morgan fingerprint density at radius 1 is 1.36 bits per heavy atom. The zero-order valence-electron chi connectivity index (χ0n) is 13.3. The lowest BCUT2D eigenvalue weighted by Crippen LogP contribution is -2.07. The summed E-state index contributed by atoms with van der Waals surface area (Å²) in [5.74, 6) is 2.03. The number of benzene rings is 1. The van der Waals surface area contributed by atoms with Crippen molar-refractivity contribution in [2.75, 3.05) is 12.4 Å². The number of carbonyl (C=O) groups excluding carboxylic acids is 1. The van der Waals surface area contributed by atoms with Crippen LogP contribution in [-0.2, 0) is 4.79 Å². The summed E-state index contributed by atoms with van der Waals surface area (Å²) in [6.45, 7) is 5.98. The molecule has 2 aromatic rings. The number of amides is 1. The van der Waals surface area contributed by atoms with Gasteiger partial charge in [0.25, 0.3) is 0 Å². The summed E-state index contributed by atoms with van der Waals surface area (Å²) >= 11 is 0. The van der Waals surface area contributed by atoms with Gasteiger partial charge in [0.15, 0.2) is 0 Å². The summed E-state index contributed by atoms with van der Waals surface area (Å²) in [6, 6.07) is 8.21. The molecule has 1 aliphatic carbocycles. The molecule has 0 unspecified atom stereocenters. The Morgan fingerprint density at radius 3 is 2.82 bits per heavy atom. The van der Waals surface area contributed by atoms with Crippen LogP contribution in [-0.4, -0.2) is 23.0 Å². The van der Waals surface area contributed by atoms with Gasteiger partial charge in [-0.3, -0.25) is 10.1 Å². The highest BCUT2D eigenvalue weighted by Crippen LogP contribution is 2.69. The highest BCUT2D eigenvalue weighted by molar-refractivity contribution is 5.86. The molecule has 1 aliphatic rings. The minimum absolute atomic E-state index is 0.125. The number of hydrogen-bond acceptors (Lipinski definition) is 3. The molecule has 22 heavy (non-hydrogen) atoms. The summed E-state index contributed by atoms with van der Waals surface area (Å²) in [5, 5.41) is 2.68. The fourth-order valence-electron chi connectivity index (χ4n) is 3.40. The lowest BCUT2D eigenvalue weighted by atomic mass is 10.0. The minimum atomic E-state index is -0.125. The van der Waals surface area contributed by atoms with E-state index in [0.29, 0.717) is 17.8 Å². The number of ether oxygens (including phenoxy) is 1. The van der Waals surface area contributed by atoms with Gasteiger partial charge in [-0.15, -0.1) is 0 Å². The Kier molecular flexibility index (Phi) is 3.43. The molecule has 0 radical (unpaired) electrons. The molecule has 1 saturated carbocycles. The van der Waals surface area contributed by atoms with Crippen LogP contribution in [0.2, 0.25) is 0 Å². The largest absolute Gasteiger partial charge is 0.497 e. The van der Waals surface area contributed by atoms with Crippen molar-refractivity contribution in [1.82, 2.24) is 9.97 Å². The summed E-state index contributed by atoms with van der Waals surface area (Å²) in [4.78, 5) is 18.6. The molecule has 1 amide bonds. The average molecular weight is 299 g/mol. The molecule has 5 heteroatoms. The van der Waals surface area contributed by atoms with Crippen molar-refractivity contribution in [2.45, 2.75) is 32.6 Å². The van der Waals surface area contributed by atoms with Crippen molar-refractivity contribution >= 4 is 11.9 Å². The molecule has 1 heterocycles. The van der Waals surface area contributed by atoms with Crippen molar-refractivity contribution in [3.05, 3.63) is 41.7 Å². The molecule has 5 nitrogen and oxygen atoms in total. The molecule has 116 valence electrons. The van der Waals surface area contributed by atoms with E-state index in [9.17, 15) is 4.79 Å². The number of imidazole rings is 1. The number of rotatable bonds is 4. The van der Waals surface area contributed by atoms with E-state index in [-0.39, 0.29) is 11.3 Å². The van der Waals surface area contributed by atoms with Crippen LogP contribution in [0.3, 0.4) is 0 Å². The molecule has 1 fully saturated rings. The maximum Gasteiger partial charge on any atom is 0.223 e. The van der Waals surface area contributed by atoms with Gasteiger partial charge in [-0.1, -0.05) is 26.0 Å². The smallest absolute Gasteiger partial charge is 0.223 e. The minimum Gasteiger partial charge on any atom is -0.497 e. The third-order valence-corrected chi connectivity index (χ3v) is 4.51. The molecule has 0 saturated heterocycles. The standard InChI is InChI=1S/C17H21N3O2/c1-10(21)19-16-18-9-13(20-16)15-14(17(15,2)3)11-6-5-7-12(8-11)22-4/h5-9,14-15H,1-4H3,(H2,18,19,20,21)/t14-,15-/m1/s1. The second kappa shape index (κ2) is 5.16. The predicted octanol–water partition coefficient (Wildman–Crippen LogP) is 3.28. The SMILES string of the molecule is COc1cccc([C@@H]2[C@@H](c3cnc(NC(C)=O)[nH]3)C2(C)C)c1. The van der Waals surface area contributed by atoms with E-state index < -0.39 is 0 Å². The number of anilines is 1. The van der Waals surface area contributed by atoms with Crippen LogP contribution in [0.15, 0.2) is 30.5 Å². The first-order chi connectivity index (χ1) is 10.4. The van der Waals surface area contributed by atoms with Crippen LogP contribution in [0, 0.1) is 5.41 Å². The van der Waals surface area contributed by atoms with E-state index in [2.05, 4.69) is 41.3 Å². The molecule has 1 aromatic heterocycles. The van der Waals surface area contributed by atoms with E-state index in [0.717, 1.165) is 11.4 Å². The zero-order chi connectivity index (χ0) is 15.9. The van der Waals surface area contributed by atoms with Gasteiger partial charge >= 0.3 is 0 Å². The van der Waals surface area contributed by atoms with Crippen molar-refractivity contribution in [2.24, 2.45) is 5.41 Å². The number of hydrogen-bond donors (Lipinski definition) is 2. The van der Waals surface area contributed by atoms with Gasteiger partial charge in [-0.2, -0.15) is 0 Å². The lowest BCUT2D eigenvalue weighted by molar-refractivity contribution is -0.114. The summed E-state index contributed by atoms with van der Waals surface area (Å²) < 4.78 is 5.32. The predicted molar refractivity (Wildman–Crippen MR) is 85.1 cm³/mol. The van der Waals surface area contributed by atoms with Gasteiger partial charge in [0.2, 0.25) is 11.9 Å². The Bertz CT molecular complexity index is 705. The monoisotopic (exact) mass is 299 g/mol. The quantitative estimate of drug-likeness (QED) is 0.910. The molecule has 1 aromatic carbocycles. The zero-order valence-corrected chi connectivity index (χ0v) is 13.3. The van der Waals surface area contributed by atoms with Gasteiger partial charge in [-0.25, -0.2) is 4.98 Å². The average Bonchev–Trinajstić information content (AvgIpc) is 2.81. The Labute approximate surface area is 130 Å². The van der Waals surface area contributed by atoms with Crippen molar-refractivity contribution in [3.8, 4) is 5.75 Å². The van der Waals surface area contributed by atoms with Crippen LogP contribution < -0.4 is 10.1 Å². The molecule has 2 N–H and O–H groups in total. The van der Waals surface area contributed by atoms with Crippen LogP contribution in [0.5, 0.6) is 5.75 Å². The third-order valence-electron chi connectivity index (χ3n) is 4.51. The fourth-order valence-corrected chi connectivity index (χ4v) is 3.40. The lowest BCUT2D eigenvalue weighted by Gasteiger charge is -2.05. The van der Waals surface area contributed by atoms with Crippen molar-refractivity contribution in [3.63, 3.8) is 0 Å². The maximum atomic E-state index is 11.1. The molecule has 0 spiro atoms. The highest BCUT2D eigenvalue weighted by atomic mass is 16.5. The highest BCUT2D eigenvalue weighted by Gasteiger charge is 2.59. The van der Waals surface area contributed by atoms with E-state index in [1.807, 2.05) is 18.3 Å². The van der Waals surface area contributed by atoms with Gasteiger partial charge in [0.1, 0.15) is 5.75 Å². The number of H-pyrrole nitrogens is 1. The first-order valence-electron chi connectivity index (χ1n) is 7.40. The number of nitrogens with one attached hydrogen (secondary N) is 2. The molecule has 0 aliphatic heterocycles. The second-order valence-electron chi connectivity index (χ2n) is 6.42. The molecule has 2 atom stereocenters. The van der Waals surface area contributed by atoms with Crippen molar-refractivity contribution < 1.29 is 9.53 Å². The van der Waals surface area contributed by atoms with Crippen LogP contribution in [0.4, 0.5) is 5.95 Å². The maximum absolute atomic E-state index is 11.1. The second-order valence-corrected chi connectivity index (χ2v) is 6.42. The Hall–Kier alpha value is -2.30.